The van der Waals surface area contributed by atoms with Crippen LogP contribution in [0.15, 0.2) is 23.2 Å². The number of thioether (sulfide) groups is 1. The highest BCUT2D eigenvalue weighted by Crippen LogP contribution is 2.27. The van der Waals surface area contributed by atoms with E-state index in [-0.39, 0.29) is 6.54 Å². The summed E-state index contributed by atoms with van der Waals surface area (Å²) in [5.41, 5.74) is 0.375. The Morgan fingerprint density at radius 3 is 2.82 bits per heavy atom. The summed E-state index contributed by atoms with van der Waals surface area (Å²) in [6, 6.07) is 2.87. The van der Waals surface area contributed by atoms with Crippen LogP contribution in [0.25, 0.3) is 0 Å². The number of alkyl halides is 3. The maximum absolute atomic E-state index is 12.0. The fourth-order valence-electron chi connectivity index (χ4n) is 0.974. The molecule has 0 aliphatic rings. The van der Waals surface area contributed by atoms with E-state index in [9.17, 15) is 18.0 Å². The average Bonchev–Trinajstić information content (AvgIpc) is 2.23. The van der Waals surface area contributed by atoms with E-state index in [1.807, 2.05) is 0 Å². The van der Waals surface area contributed by atoms with Gasteiger partial charge in [-0.2, -0.15) is 13.2 Å². The van der Waals surface area contributed by atoms with E-state index >= 15 is 0 Å². The Kier molecular flexibility index (Phi) is 4.62. The second-order valence-electron chi connectivity index (χ2n) is 3.05. The quantitative estimate of drug-likeness (QED) is 0.822. The molecule has 8 heteroatoms. The molecule has 4 nitrogen and oxygen atoms in total. The lowest BCUT2D eigenvalue weighted by Crippen LogP contribution is -2.20. The van der Waals surface area contributed by atoms with Crippen molar-refractivity contribution >= 4 is 17.9 Å². The number of nitrogens with one attached hydrogen (secondary N) is 1. The highest BCUT2D eigenvalue weighted by molar-refractivity contribution is 7.99. The average molecular weight is 266 g/mol. The molecule has 1 rings (SSSR count). The third-order valence-corrected chi connectivity index (χ3v) is 2.67. The first kappa shape index (κ1) is 13.6. The van der Waals surface area contributed by atoms with Gasteiger partial charge in [-0.25, -0.2) is 4.79 Å². The van der Waals surface area contributed by atoms with E-state index in [0.29, 0.717) is 22.4 Å². The van der Waals surface area contributed by atoms with Crippen LogP contribution in [0.2, 0.25) is 0 Å². The van der Waals surface area contributed by atoms with E-state index in [1.165, 1.54) is 18.3 Å². The summed E-state index contributed by atoms with van der Waals surface area (Å²) in [5, 5.41) is 10.4. The number of pyridine rings is 1. The molecule has 1 aromatic heterocycles. The van der Waals surface area contributed by atoms with Gasteiger partial charge in [0, 0.05) is 11.1 Å². The monoisotopic (exact) mass is 266 g/mol. The van der Waals surface area contributed by atoms with Gasteiger partial charge in [0.25, 0.3) is 0 Å². The van der Waals surface area contributed by atoms with Crippen LogP contribution in [-0.4, -0.2) is 28.1 Å². The summed E-state index contributed by atoms with van der Waals surface area (Å²) in [6.07, 6.45) is -4.09. The molecule has 0 bridgehead atoms. The molecule has 0 saturated heterocycles. The molecule has 0 atom stereocenters. The molecule has 1 aromatic rings. The van der Waals surface area contributed by atoms with Crippen LogP contribution in [-0.2, 0) is 6.54 Å². The van der Waals surface area contributed by atoms with Gasteiger partial charge in [-0.05, 0) is 12.1 Å². The summed E-state index contributed by atoms with van der Waals surface area (Å²) in [5.74, 6) is -0.983. The van der Waals surface area contributed by atoms with Crippen LogP contribution in [0.4, 0.5) is 18.0 Å². The van der Waals surface area contributed by atoms with Crippen molar-refractivity contribution in [1.29, 1.82) is 0 Å². The second kappa shape index (κ2) is 5.76. The van der Waals surface area contributed by atoms with Crippen molar-refractivity contribution in [2.75, 3.05) is 5.75 Å². The molecule has 2 N–H and O–H groups in total. The number of amides is 1. The number of carbonyl (C=O) groups is 1. The van der Waals surface area contributed by atoms with E-state index in [4.69, 9.17) is 5.11 Å². The third kappa shape index (κ3) is 6.00. The normalized spacial score (nSPS) is 11.2. The van der Waals surface area contributed by atoms with Crippen LogP contribution in [0.3, 0.4) is 0 Å². The second-order valence-corrected chi connectivity index (χ2v) is 4.09. The zero-order valence-corrected chi connectivity index (χ0v) is 9.31. The van der Waals surface area contributed by atoms with Gasteiger partial charge in [-0.15, -0.1) is 11.8 Å². The standard InChI is InChI=1S/C9H9F3N2O2S/c10-9(11,12)5-17-7-1-2-13-6(3-7)4-14-8(15)16/h1-3,14H,4-5H2,(H,15,16). The first-order chi connectivity index (χ1) is 7.87. The molecule has 1 amide bonds. The minimum Gasteiger partial charge on any atom is -0.465 e. The molecule has 0 unspecified atom stereocenters. The van der Waals surface area contributed by atoms with Crippen molar-refractivity contribution in [2.24, 2.45) is 0 Å². The fourth-order valence-corrected chi connectivity index (χ4v) is 1.68. The highest BCUT2D eigenvalue weighted by atomic mass is 32.2. The topological polar surface area (TPSA) is 62.2 Å². The predicted molar refractivity (Wildman–Crippen MR) is 55.9 cm³/mol. The van der Waals surface area contributed by atoms with Gasteiger partial charge in [0.2, 0.25) is 0 Å². The smallest absolute Gasteiger partial charge is 0.404 e. The summed E-state index contributed by atoms with van der Waals surface area (Å²) in [4.78, 5) is 14.5. The van der Waals surface area contributed by atoms with E-state index in [2.05, 4.69) is 10.3 Å². The number of nitrogens with zero attached hydrogens (tertiary/aromatic N) is 1. The first-order valence-electron chi connectivity index (χ1n) is 4.48. The minimum atomic E-state index is -4.23. The molecule has 0 aromatic carbocycles. The molecule has 0 spiro atoms. The molecular formula is C9H9F3N2O2S. The highest BCUT2D eigenvalue weighted by Gasteiger charge is 2.27. The van der Waals surface area contributed by atoms with E-state index in [1.54, 1.807) is 0 Å². The lowest BCUT2D eigenvalue weighted by molar-refractivity contribution is -0.105. The Morgan fingerprint density at radius 1 is 1.53 bits per heavy atom. The summed E-state index contributed by atoms with van der Waals surface area (Å²) >= 11 is 0.636. The summed E-state index contributed by atoms with van der Waals surface area (Å²) < 4.78 is 35.9. The maximum Gasteiger partial charge on any atom is 0.404 e. The summed E-state index contributed by atoms with van der Waals surface area (Å²) in [7, 11) is 0. The molecule has 1 heterocycles. The number of halogens is 3. The van der Waals surface area contributed by atoms with Gasteiger partial charge in [-0.3, -0.25) is 4.98 Å². The van der Waals surface area contributed by atoms with Crippen molar-refractivity contribution < 1.29 is 23.1 Å². The SMILES string of the molecule is O=C(O)NCc1cc(SCC(F)(F)F)ccn1. The van der Waals surface area contributed by atoms with Crippen LogP contribution in [0.1, 0.15) is 5.69 Å². The Balaban J connectivity index is 2.56. The Hall–Kier alpha value is -1.44. The van der Waals surface area contributed by atoms with Gasteiger partial charge >= 0.3 is 12.3 Å². The molecule has 94 valence electrons. The number of hydrogen-bond donors (Lipinski definition) is 2. The largest absolute Gasteiger partial charge is 0.465 e. The third-order valence-electron chi connectivity index (χ3n) is 1.61. The van der Waals surface area contributed by atoms with Gasteiger partial charge in [-0.1, -0.05) is 0 Å². The van der Waals surface area contributed by atoms with Gasteiger partial charge in [0.05, 0.1) is 18.0 Å². The lowest BCUT2D eigenvalue weighted by Gasteiger charge is -2.07. The van der Waals surface area contributed by atoms with Crippen molar-refractivity contribution in [3.05, 3.63) is 24.0 Å². The number of rotatable bonds is 4. The zero-order valence-electron chi connectivity index (χ0n) is 8.49. The van der Waals surface area contributed by atoms with Gasteiger partial charge in [0.15, 0.2) is 0 Å². The first-order valence-corrected chi connectivity index (χ1v) is 5.46. The number of carboxylic acid groups (broad SMARTS) is 1. The van der Waals surface area contributed by atoms with E-state index in [0.717, 1.165) is 0 Å². The number of aromatic nitrogens is 1. The van der Waals surface area contributed by atoms with Crippen LogP contribution >= 0.6 is 11.8 Å². The number of hydrogen-bond acceptors (Lipinski definition) is 3. The molecule has 0 fully saturated rings. The zero-order chi connectivity index (χ0) is 12.9. The van der Waals surface area contributed by atoms with Crippen molar-refractivity contribution in [3.63, 3.8) is 0 Å². The van der Waals surface area contributed by atoms with Gasteiger partial charge < -0.3 is 10.4 Å². The Labute approximate surface area is 99.2 Å². The predicted octanol–water partition coefficient (Wildman–Crippen LogP) is 2.50. The van der Waals surface area contributed by atoms with Crippen molar-refractivity contribution in [2.45, 2.75) is 17.6 Å². The fraction of sp³-hybridized carbons (Fsp3) is 0.333. The molecule has 0 aliphatic heterocycles. The van der Waals surface area contributed by atoms with Gasteiger partial charge in [0.1, 0.15) is 0 Å². The summed E-state index contributed by atoms with van der Waals surface area (Å²) in [6.45, 7) is -0.0320. The Bertz CT molecular complexity index is 398. The molecular weight excluding hydrogens is 257 g/mol. The molecule has 0 radical (unpaired) electrons. The van der Waals surface area contributed by atoms with Crippen LogP contribution < -0.4 is 5.32 Å². The maximum atomic E-state index is 12.0. The molecule has 17 heavy (non-hydrogen) atoms. The molecule has 0 aliphatic carbocycles. The lowest BCUT2D eigenvalue weighted by atomic mass is 10.3. The van der Waals surface area contributed by atoms with Crippen molar-refractivity contribution in [3.8, 4) is 0 Å². The Morgan fingerprint density at radius 2 is 2.24 bits per heavy atom. The minimum absolute atomic E-state index is 0.0320. The van der Waals surface area contributed by atoms with Crippen LogP contribution in [0, 0.1) is 0 Å². The van der Waals surface area contributed by atoms with Crippen LogP contribution in [0.5, 0.6) is 0 Å². The van der Waals surface area contributed by atoms with E-state index < -0.39 is 18.0 Å². The van der Waals surface area contributed by atoms with Crippen molar-refractivity contribution in [1.82, 2.24) is 10.3 Å². The molecule has 0 saturated carbocycles.